The fourth-order valence-electron chi connectivity index (χ4n) is 1.91. The SMILES string of the molecule is BrCCN1CCOCC1.BrP(Br)Br.OCCN1CCOCC1. The molecule has 0 amide bonds. The number of nitrogens with zero attached hydrogens (tertiary/aromatic N) is 2. The van der Waals surface area contributed by atoms with E-state index in [0.29, 0.717) is 0 Å². The molecule has 22 heavy (non-hydrogen) atoms. The highest BCUT2D eigenvalue weighted by Gasteiger charge is 2.08. The molecule has 10 heteroatoms. The van der Waals surface area contributed by atoms with E-state index in [4.69, 9.17) is 14.6 Å². The van der Waals surface area contributed by atoms with Gasteiger partial charge in [0.2, 0.25) is 0 Å². The van der Waals surface area contributed by atoms with Crippen molar-refractivity contribution in [2.75, 3.05) is 77.6 Å². The monoisotopic (exact) mass is 592 g/mol. The van der Waals surface area contributed by atoms with E-state index in [9.17, 15) is 0 Å². The Bertz CT molecular complexity index is 206. The lowest BCUT2D eigenvalue weighted by Crippen LogP contribution is -2.37. The molecule has 0 unspecified atom stereocenters. The van der Waals surface area contributed by atoms with E-state index in [1.165, 1.54) is 0 Å². The minimum atomic E-state index is -0.183. The summed E-state index contributed by atoms with van der Waals surface area (Å²) in [4.78, 5) is 4.60. The van der Waals surface area contributed by atoms with Gasteiger partial charge in [0.15, 0.2) is 0 Å². The van der Waals surface area contributed by atoms with Crippen LogP contribution in [0.4, 0.5) is 0 Å². The van der Waals surface area contributed by atoms with Gasteiger partial charge in [0.05, 0.1) is 33.0 Å². The number of halogens is 4. The number of morpholine rings is 2. The minimum Gasteiger partial charge on any atom is -0.395 e. The lowest BCUT2D eigenvalue weighted by Gasteiger charge is -2.25. The van der Waals surface area contributed by atoms with Crippen molar-refractivity contribution in [3.63, 3.8) is 0 Å². The molecule has 0 aromatic heterocycles. The largest absolute Gasteiger partial charge is 0.395 e. The predicted octanol–water partition coefficient (Wildman–Crippen LogP) is 3.42. The summed E-state index contributed by atoms with van der Waals surface area (Å²) in [6.45, 7) is 9.82. The molecule has 2 aliphatic heterocycles. The molecule has 0 aliphatic carbocycles. The van der Waals surface area contributed by atoms with Crippen LogP contribution in [0.25, 0.3) is 0 Å². The Balaban J connectivity index is 0.000000326. The smallest absolute Gasteiger partial charge is 0.103 e. The van der Waals surface area contributed by atoms with Crippen molar-refractivity contribution in [3.8, 4) is 0 Å². The molecule has 0 radical (unpaired) electrons. The zero-order chi connectivity index (χ0) is 16.6. The number of aliphatic hydroxyl groups is 1. The highest BCUT2D eigenvalue weighted by molar-refractivity contribution is 9.93. The van der Waals surface area contributed by atoms with Crippen LogP contribution in [-0.4, -0.2) is 92.5 Å². The topological polar surface area (TPSA) is 45.2 Å². The molecule has 0 bridgehead atoms. The van der Waals surface area contributed by atoms with Crippen LogP contribution in [0.3, 0.4) is 0 Å². The number of alkyl halides is 1. The quantitative estimate of drug-likeness (QED) is 0.399. The summed E-state index contributed by atoms with van der Waals surface area (Å²) in [5, 5.41) is 9.61. The summed E-state index contributed by atoms with van der Waals surface area (Å²) in [6, 6.07) is 0. The zero-order valence-electron chi connectivity index (χ0n) is 12.6. The molecular formula is C12H25Br4N2O3P. The first kappa shape index (κ1) is 24.1. The summed E-state index contributed by atoms with van der Waals surface area (Å²) in [5.41, 5.74) is 0. The summed E-state index contributed by atoms with van der Waals surface area (Å²) in [7, 11) is 0. The van der Waals surface area contributed by atoms with Crippen LogP contribution in [0.2, 0.25) is 0 Å². The fourth-order valence-corrected chi connectivity index (χ4v) is 2.41. The van der Waals surface area contributed by atoms with Crippen LogP contribution >= 0.6 is 66.4 Å². The molecule has 0 spiro atoms. The zero-order valence-corrected chi connectivity index (χ0v) is 19.8. The number of β-amino-alcohol motifs (C(OH)–C–C–N with tert-alkyl or cyclic N) is 1. The van der Waals surface area contributed by atoms with Crippen LogP contribution in [0.1, 0.15) is 0 Å². The van der Waals surface area contributed by atoms with Crippen molar-refractivity contribution in [2.45, 2.75) is 0 Å². The third kappa shape index (κ3) is 17.0. The highest BCUT2D eigenvalue weighted by atomic mass is 80.0. The van der Waals surface area contributed by atoms with Crippen LogP contribution < -0.4 is 0 Å². The van der Waals surface area contributed by atoms with Gasteiger partial charge in [-0.1, -0.05) is 15.9 Å². The molecule has 2 fully saturated rings. The summed E-state index contributed by atoms with van der Waals surface area (Å²) >= 11 is 12.9. The van der Waals surface area contributed by atoms with Crippen LogP contribution in [0.15, 0.2) is 0 Å². The molecule has 2 aliphatic rings. The number of aliphatic hydroxyl groups excluding tert-OH is 1. The van der Waals surface area contributed by atoms with Crippen molar-refractivity contribution in [1.29, 1.82) is 0 Å². The van der Waals surface area contributed by atoms with Gasteiger partial charge in [-0.3, -0.25) is 9.80 Å². The Labute approximate surface area is 167 Å². The third-order valence-corrected chi connectivity index (χ3v) is 3.38. The Morgan fingerprint density at radius 2 is 1.18 bits per heavy atom. The second-order valence-corrected chi connectivity index (χ2v) is 20.6. The van der Waals surface area contributed by atoms with Crippen molar-refractivity contribution < 1.29 is 14.6 Å². The molecular weight excluding hydrogens is 571 g/mol. The Morgan fingerprint density at radius 1 is 0.818 bits per heavy atom. The van der Waals surface area contributed by atoms with Gasteiger partial charge in [-0.2, -0.15) is 0 Å². The van der Waals surface area contributed by atoms with E-state index in [2.05, 4.69) is 72.2 Å². The molecule has 2 saturated heterocycles. The van der Waals surface area contributed by atoms with Crippen LogP contribution in [-0.2, 0) is 9.47 Å². The lowest BCUT2D eigenvalue weighted by molar-refractivity contribution is 0.0306. The molecule has 2 rings (SSSR count). The van der Waals surface area contributed by atoms with Gasteiger partial charge in [-0.05, 0) is 46.5 Å². The van der Waals surface area contributed by atoms with Gasteiger partial charge in [0.1, 0.15) is 4.03 Å². The van der Waals surface area contributed by atoms with Gasteiger partial charge in [0, 0.05) is 44.6 Å². The summed E-state index contributed by atoms with van der Waals surface area (Å²) < 4.78 is 10.1. The Hall–Kier alpha value is 2.15. The predicted molar refractivity (Wildman–Crippen MR) is 109 cm³/mol. The fraction of sp³-hybridized carbons (Fsp3) is 1.00. The maximum absolute atomic E-state index is 8.54. The average molecular weight is 596 g/mol. The van der Waals surface area contributed by atoms with Gasteiger partial charge in [-0.15, -0.1) is 0 Å². The molecule has 1 N–H and O–H groups in total. The third-order valence-electron chi connectivity index (χ3n) is 3.02. The standard InChI is InChI=1S/C6H12BrNO.C6H13NO2.Br3P/c7-1-2-8-3-5-9-6-4-8;8-4-1-7-2-5-9-6-3-7;1-4(2)3/h1-6H2;8H,1-6H2;. The van der Waals surface area contributed by atoms with E-state index in [-0.39, 0.29) is 10.6 Å². The van der Waals surface area contributed by atoms with Gasteiger partial charge < -0.3 is 14.6 Å². The Morgan fingerprint density at radius 3 is 1.50 bits per heavy atom. The highest BCUT2D eigenvalue weighted by Crippen LogP contribution is 2.59. The van der Waals surface area contributed by atoms with E-state index in [1.54, 1.807) is 0 Å². The minimum absolute atomic E-state index is 0.183. The maximum Gasteiger partial charge on any atom is 0.103 e. The molecule has 0 aromatic rings. The second kappa shape index (κ2) is 18.0. The van der Waals surface area contributed by atoms with Crippen molar-refractivity contribution in [2.24, 2.45) is 0 Å². The van der Waals surface area contributed by atoms with E-state index < -0.39 is 0 Å². The van der Waals surface area contributed by atoms with E-state index in [1.807, 2.05) is 0 Å². The molecule has 0 atom stereocenters. The molecule has 134 valence electrons. The first-order valence-electron chi connectivity index (χ1n) is 7.14. The Kier molecular flexibility index (Phi) is 19.7. The van der Waals surface area contributed by atoms with Crippen molar-refractivity contribution in [1.82, 2.24) is 9.80 Å². The number of ether oxygens (including phenoxy) is 2. The van der Waals surface area contributed by atoms with Crippen LogP contribution in [0, 0.1) is 0 Å². The number of rotatable bonds is 4. The van der Waals surface area contributed by atoms with E-state index >= 15 is 0 Å². The molecule has 2 heterocycles. The molecule has 0 saturated carbocycles. The number of hydrogen-bond donors (Lipinski definition) is 1. The van der Waals surface area contributed by atoms with Crippen LogP contribution in [0.5, 0.6) is 0 Å². The normalized spacial score (nSPS) is 19.9. The maximum atomic E-state index is 8.54. The second-order valence-electron chi connectivity index (χ2n) is 4.51. The van der Waals surface area contributed by atoms with E-state index in [0.717, 1.165) is 71.0 Å². The first-order chi connectivity index (χ1) is 10.6. The summed E-state index contributed by atoms with van der Waals surface area (Å²) in [5.74, 6) is 0. The molecule has 0 aromatic carbocycles. The van der Waals surface area contributed by atoms with Gasteiger partial charge in [0.25, 0.3) is 0 Å². The van der Waals surface area contributed by atoms with Gasteiger partial charge in [-0.25, -0.2) is 0 Å². The average Bonchev–Trinajstić information content (AvgIpc) is 2.50. The lowest BCUT2D eigenvalue weighted by atomic mass is 10.4. The van der Waals surface area contributed by atoms with Crippen molar-refractivity contribution in [3.05, 3.63) is 0 Å². The number of hydrogen-bond acceptors (Lipinski definition) is 5. The van der Waals surface area contributed by atoms with Crippen molar-refractivity contribution >= 4 is 66.4 Å². The molecule has 5 nitrogen and oxygen atoms in total. The summed E-state index contributed by atoms with van der Waals surface area (Å²) in [6.07, 6.45) is 0. The first-order valence-corrected chi connectivity index (χ1v) is 15.7. The van der Waals surface area contributed by atoms with Gasteiger partial charge >= 0.3 is 0 Å².